The molecule has 0 unspecified atom stereocenters. The summed E-state index contributed by atoms with van der Waals surface area (Å²) in [6.45, 7) is 0. The Morgan fingerprint density at radius 1 is 0.857 bits per heavy atom. The lowest BCUT2D eigenvalue weighted by Gasteiger charge is -2.12. The fourth-order valence-electron chi connectivity index (χ4n) is 3.61. The molecule has 9 heteroatoms. The van der Waals surface area contributed by atoms with Crippen LogP contribution in [0.25, 0.3) is 22.4 Å². The maximum atomic E-state index is 13.0. The second-order valence-corrected chi connectivity index (χ2v) is 8.46. The predicted octanol–water partition coefficient (Wildman–Crippen LogP) is 4.18. The van der Waals surface area contributed by atoms with Crippen LogP contribution in [0.5, 0.6) is 28.7 Å². The molecule has 0 aliphatic carbocycles. The number of para-hydroxylation sites is 1. The number of ether oxygens (including phenoxy) is 4. The van der Waals surface area contributed by atoms with Crippen molar-refractivity contribution in [1.82, 2.24) is 14.6 Å². The van der Waals surface area contributed by atoms with E-state index in [0.29, 0.717) is 43.9 Å². The van der Waals surface area contributed by atoms with E-state index in [1.54, 1.807) is 18.2 Å². The summed E-state index contributed by atoms with van der Waals surface area (Å²) in [5, 5.41) is 4.43. The fraction of sp³-hybridized carbons (Fsp3) is 0.115. The Kier molecular flexibility index (Phi) is 6.07. The maximum absolute atomic E-state index is 13.0. The van der Waals surface area contributed by atoms with Gasteiger partial charge in [0.2, 0.25) is 10.7 Å². The second kappa shape index (κ2) is 9.47. The van der Waals surface area contributed by atoms with Crippen LogP contribution in [0, 0.1) is 0 Å². The zero-order valence-corrected chi connectivity index (χ0v) is 20.0. The van der Waals surface area contributed by atoms with E-state index in [0.717, 1.165) is 11.3 Å². The molecule has 0 N–H and O–H groups in total. The van der Waals surface area contributed by atoms with Crippen LogP contribution in [0.15, 0.2) is 71.5 Å². The molecule has 8 nitrogen and oxygen atoms in total. The molecule has 0 amide bonds. The maximum Gasteiger partial charge on any atom is 0.291 e. The number of nitrogens with zero attached hydrogens (tertiary/aromatic N) is 3. The molecule has 0 bridgehead atoms. The van der Waals surface area contributed by atoms with E-state index in [2.05, 4.69) is 10.1 Å². The van der Waals surface area contributed by atoms with Crippen molar-refractivity contribution in [3.8, 4) is 40.1 Å². The van der Waals surface area contributed by atoms with Crippen molar-refractivity contribution in [2.75, 3.05) is 21.3 Å². The molecule has 35 heavy (non-hydrogen) atoms. The summed E-state index contributed by atoms with van der Waals surface area (Å²) in [5.41, 5.74) is 1.24. The topological polar surface area (TPSA) is 84.2 Å². The smallest absolute Gasteiger partial charge is 0.291 e. The molecular formula is C26H21N3O5S. The van der Waals surface area contributed by atoms with Gasteiger partial charge in [0.25, 0.3) is 5.56 Å². The molecule has 0 spiro atoms. The third-order valence-electron chi connectivity index (χ3n) is 5.24. The molecule has 5 aromatic rings. The van der Waals surface area contributed by atoms with Crippen LogP contribution in [-0.2, 0) is 0 Å². The van der Waals surface area contributed by atoms with Gasteiger partial charge in [-0.25, -0.2) is 0 Å². The van der Waals surface area contributed by atoms with Gasteiger partial charge in [-0.15, -0.1) is 5.10 Å². The third-order valence-corrected chi connectivity index (χ3v) is 6.20. The number of methoxy groups -OCH3 is 3. The first-order valence-electron chi connectivity index (χ1n) is 10.6. The predicted molar refractivity (Wildman–Crippen MR) is 134 cm³/mol. The monoisotopic (exact) mass is 487 g/mol. The highest BCUT2D eigenvalue weighted by atomic mass is 32.1. The highest BCUT2D eigenvalue weighted by Crippen LogP contribution is 2.40. The molecule has 0 saturated carbocycles. The number of hydrogen-bond acceptors (Lipinski definition) is 8. The Bertz CT molecular complexity index is 1590. The largest absolute Gasteiger partial charge is 0.493 e. The summed E-state index contributed by atoms with van der Waals surface area (Å²) in [6.07, 6.45) is 1.81. The second-order valence-electron chi connectivity index (χ2n) is 7.45. The summed E-state index contributed by atoms with van der Waals surface area (Å²) in [6, 6.07) is 20.6. The summed E-state index contributed by atoms with van der Waals surface area (Å²) < 4.78 is 23.9. The Hall–Kier alpha value is -4.37. The summed E-state index contributed by atoms with van der Waals surface area (Å²) in [4.78, 5) is 18.1. The van der Waals surface area contributed by atoms with E-state index >= 15 is 0 Å². The quantitative estimate of drug-likeness (QED) is 0.340. The third kappa shape index (κ3) is 4.41. The first kappa shape index (κ1) is 22.4. The molecular weight excluding hydrogens is 466 g/mol. The molecule has 3 aromatic carbocycles. The Morgan fingerprint density at radius 2 is 1.57 bits per heavy atom. The van der Waals surface area contributed by atoms with Gasteiger partial charge in [-0.1, -0.05) is 41.7 Å². The molecule has 0 saturated heterocycles. The lowest BCUT2D eigenvalue weighted by atomic mass is 10.1. The first-order valence-corrected chi connectivity index (χ1v) is 11.5. The SMILES string of the molecule is COc1cc(-c2nc3s/c(=C\c4cccc(Oc5ccccc5)c4)c(=O)n3n2)cc(OC)c1OC. The summed E-state index contributed by atoms with van der Waals surface area (Å²) in [7, 11) is 4.62. The van der Waals surface area contributed by atoms with Gasteiger partial charge in [-0.3, -0.25) is 4.79 Å². The normalized spacial score (nSPS) is 11.6. The molecule has 5 rings (SSSR count). The van der Waals surface area contributed by atoms with E-state index in [4.69, 9.17) is 18.9 Å². The zero-order chi connectivity index (χ0) is 24.4. The number of rotatable bonds is 7. The van der Waals surface area contributed by atoms with Crippen molar-refractivity contribution in [2.45, 2.75) is 0 Å². The fourth-order valence-corrected chi connectivity index (χ4v) is 4.52. The number of fused-ring (bicyclic) bond motifs is 1. The summed E-state index contributed by atoms with van der Waals surface area (Å²) >= 11 is 1.26. The average molecular weight is 488 g/mol. The highest BCUT2D eigenvalue weighted by Gasteiger charge is 2.18. The van der Waals surface area contributed by atoms with Crippen LogP contribution >= 0.6 is 11.3 Å². The molecule has 0 radical (unpaired) electrons. The van der Waals surface area contributed by atoms with E-state index < -0.39 is 0 Å². The van der Waals surface area contributed by atoms with Crippen LogP contribution in [0.3, 0.4) is 0 Å². The number of aromatic nitrogens is 3. The van der Waals surface area contributed by atoms with Gasteiger partial charge < -0.3 is 18.9 Å². The van der Waals surface area contributed by atoms with E-state index in [1.807, 2.05) is 54.6 Å². The Balaban J connectivity index is 1.49. The molecule has 0 fully saturated rings. The average Bonchev–Trinajstić information content (AvgIpc) is 3.43. The van der Waals surface area contributed by atoms with Gasteiger partial charge in [-0.05, 0) is 48.0 Å². The minimum Gasteiger partial charge on any atom is -0.493 e. The standard InChI is InChI=1S/C26H21N3O5S/c1-31-20-14-17(15-21(32-2)23(20)33-3)24-27-26-29(28-24)25(30)22(35-26)13-16-8-7-11-19(12-16)34-18-9-5-4-6-10-18/h4-15H,1-3H3/b22-13-. The van der Waals surface area contributed by atoms with Crippen LogP contribution in [-0.4, -0.2) is 35.9 Å². The number of hydrogen-bond donors (Lipinski definition) is 0. The van der Waals surface area contributed by atoms with Crippen LogP contribution in [0.4, 0.5) is 0 Å². The van der Waals surface area contributed by atoms with Gasteiger partial charge >= 0.3 is 0 Å². The van der Waals surface area contributed by atoms with Gasteiger partial charge in [0.15, 0.2) is 17.3 Å². The lowest BCUT2D eigenvalue weighted by Crippen LogP contribution is -2.23. The van der Waals surface area contributed by atoms with E-state index in [9.17, 15) is 4.79 Å². The van der Waals surface area contributed by atoms with Gasteiger partial charge in [0.05, 0.1) is 25.9 Å². The Morgan fingerprint density at radius 3 is 2.23 bits per heavy atom. The van der Waals surface area contributed by atoms with Crippen molar-refractivity contribution < 1.29 is 18.9 Å². The number of thiazole rings is 1. The van der Waals surface area contributed by atoms with Crippen molar-refractivity contribution in [2.24, 2.45) is 0 Å². The molecule has 176 valence electrons. The minimum absolute atomic E-state index is 0.245. The van der Waals surface area contributed by atoms with E-state index in [1.165, 1.54) is 37.2 Å². The molecule has 2 heterocycles. The van der Waals surface area contributed by atoms with Crippen molar-refractivity contribution in [3.63, 3.8) is 0 Å². The molecule has 0 aliphatic rings. The molecule has 2 aromatic heterocycles. The van der Waals surface area contributed by atoms with Crippen LogP contribution in [0.2, 0.25) is 0 Å². The summed E-state index contributed by atoms with van der Waals surface area (Å²) in [5.74, 6) is 3.24. The van der Waals surface area contributed by atoms with Gasteiger partial charge in [0.1, 0.15) is 11.5 Å². The zero-order valence-electron chi connectivity index (χ0n) is 19.2. The van der Waals surface area contributed by atoms with Gasteiger partial charge in [0, 0.05) is 5.56 Å². The molecule has 0 aliphatic heterocycles. The number of benzene rings is 3. The van der Waals surface area contributed by atoms with Crippen molar-refractivity contribution in [1.29, 1.82) is 0 Å². The minimum atomic E-state index is -0.245. The van der Waals surface area contributed by atoms with Crippen molar-refractivity contribution in [3.05, 3.63) is 87.2 Å². The van der Waals surface area contributed by atoms with Gasteiger partial charge in [-0.2, -0.15) is 9.50 Å². The first-order chi connectivity index (χ1) is 17.1. The molecule has 0 atom stereocenters. The van der Waals surface area contributed by atoms with Crippen molar-refractivity contribution >= 4 is 22.4 Å². The highest BCUT2D eigenvalue weighted by molar-refractivity contribution is 7.15. The lowest BCUT2D eigenvalue weighted by molar-refractivity contribution is 0.324. The van der Waals surface area contributed by atoms with E-state index in [-0.39, 0.29) is 5.56 Å². The van der Waals surface area contributed by atoms with Crippen LogP contribution in [0.1, 0.15) is 5.56 Å². The van der Waals surface area contributed by atoms with Crippen LogP contribution < -0.4 is 29.0 Å². The Labute approximate surface area is 204 Å².